The van der Waals surface area contributed by atoms with E-state index in [1.165, 1.54) is 25.3 Å². The third-order valence-electron chi connectivity index (χ3n) is 3.32. The molecule has 0 atom stereocenters. The molecule has 0 bridgehead atoms. The number of nitrogens with zero attached hydrogens (tertiary/aromatic N) is 1. The topological polar surface area (TPSA) is 137 Å². The van der Waals surface area contributed by atoms with Crippen LogP contribution in [0.3, 0.4) is 0 Å². The third-order valence-corrected chi connectivity index (χ3v) is 3.32. The highest BCUT2D eigenvalue weighted by molar-refractivity contribution is 5.96. The van der Waals surface area contributed by atoms with Crippen molar-refractivity contribution in [1.82, 2.24) is 10.9 Å². The van der Waals surface area contributed by atoms with Gasteiger partial charge in [-0.05, 0) is 24.3 Å². The molecule has 0 saturated carbocycles. The average Bonchev–Trinajstić information content (AvgIpc) is 2.70. The van der Waals surface area contributed by atoms with Gasteiger partial charge in [0.05, 0.1) is 12.0 Å². The minimum absolute atomic E-state index is 0.104. The van der Waals surface area contributed by atoms with Crippen molar-refractivity contribution in [2.24, 2.45) is 0 Å². The van der Waals surface area contributed by atoms with E-state index in [9.17, 15) is 24.5 Å². The predicted octanol–water partition coefficient (Wildman–Crippen LogP) is 1.22. The van der Waals surface area contributed by atoms with Crippen molar-refractivity contribution in [3.05, 3.63) is 69.8 Å². The van der Waals surface area contributed by atoms with Crippen LogP contribution in [0.25, 0.3) is 0 Å². The minimum Gasteiger partial charge on any atom is -0.496 e. The van der Waals surface area contributed by atoms with Crippen molar-refractivity contribution in [1.29, 1.82) is 0 Å². The van der Waals surface area contributed by atoms with Crippen molar-refractivity contribution in [3.8, 4) is 5.75 Å². The van der Waals surface area contributed by atoms with E-state index in [-0.39, 0.29) is 16.8 Å². The first-order chi connectivity index (χ1) is 12.9. The second-order valence-corrected chi connectivity index (χ2v) is 5.08. The highest BCUT2D eigenvalue weighted by Crippen LogP contribution is 2.18. The van der Waals surface area contributed by atoms with Crippen LogP contribution in [0.4, 0.5) is 5.69 Å². The molecule has 2 N–H and O–H groups in total. The number of nitrogens with one attached hydrogen (secondary N) is 2. The first kappa shape index (κ1) is 19.4. The van der Waals surface area contributed by atoms with E-state index in [0.29, 0.717) is 5.75 Å². The lowest BCUT2D eigenvalue weighted by Gasteiger charge is -2.09. The number of amides is 2. The molecular formula is C17H15N3O7. The monoisotopic (exact) mass is 373 g/mol. The molecule has 2 aromatic rings. The summed E-state index contributed by atoms with van der Waals surface area (Å²) in [6.45, 7) is -0.628. The summed E-state index contributed by atoms with van der Waals surface area (Å²) in [5.41, 5.74) is 4.27. The largest absolute Gasteiger partial charge is 0.496 e. The summed E-state index contributed by atoms with van der Waals surface area (Å²) in [6, 6.07) is 11.1. The summed E-state index contributed by atoms with van der Waals surface area (Å²) >= 11 is 0. The number of hydrogen-bond donors (Lipinski definition) is 2. The van der Waals surface area contributed by atoms with Crippen molar-refractivity contribution < 1.29 is 28.8 Å². The normalized spacial score (nSPS) is 9.81. The number of carbonyl (C=O) groups is 3. The quantitative estimate of drug-likeness (QED) is 0.441. The molecule has 27 heavy (non-hydrogen) atoms. The number of rotatable bonds is 6. The Hall–Kier alpha value is -3.95. The zero-order chi connectivity index (χ0) is 19.8. The SMILES string of the molecule is COc1ccccc1C(=O)OCC(=O)NNC(=O)c1ccc([N+](=O)[O-])cc1. The Morgan fingerprint density at radius 1 is 1.04 bits per heavy atom. The Balaban J connectivity index is 1.82. The lowest BCUT2D eigenvalue weighted by atomic mass is 10.2. The zero-order valence-corrected chi connectivity index (χ0v) is 14.1. The van der Waals surface area contributed by atoms with Crippen LogP contribution in [-0.2, 0) is 9.53 Å². The highest BCUT2D eigenvalue weighted by Gasteiger charge is 2.15. The Labute approximate surface area is 153 Å². The maximum Gasteiger partial charge on any atom is 0.342 e. The standard InChI is InChI=1S/C17H15N3O7/c1-26-14-5-3-2-4-13(14)17(23)27-10-15(21)18-19-16(22)11-6-8-12(9-7-11)20(24)25/h2-9H,10H2,1H3,(H,18,21)(H,19,22). The molecule has 2 amide bonds. The van der Waals surface area contributed by atoms with Crippen LogP contribution >= 0.6 is 0 Å². The first-order valence-corrected chi connectivity index (χ1v) is 7.56. The molecule has 0 aliphatic heterocycles. The van der Waals surface area contributed by atoms with E-state index in [2.05, 4.69) is 10.9 Å². The number of nitro benzene ring substituents is 1. The van der Waals surface area contributed by atoms with Gasteiger partial charge in [0, 0.05) is 17.7 Å². The van der Waals surface area contributed by atoms with E-state index >= 15 is 0 Å². The molecule has 0 aromatic heterocycles. The van der Waals surface area contributed by atoms with Gasteiger partial charge < -0.3 is 9.47 Å². The van der Waals surface area contributed by atoms with Crippen LogP contribution in [0.15, 0.2) is 48.5 Å². The molecule has 140 valence electrons. The van der Waals surface area contributed by atoms with Gasteiger partial charge in [-0.2, -0.15) is 0 Å². The van der Waals surface area contributed by atoms with Gasteiger partial charge in [-0.1, -0.05) is 12.1 Å². The minimum atomic E-state index is -0.770. The molecule has 2 rings (SSSR count). The van der Waals surface area contributed by atoms with Crippen LogP contribution in [0.5, 0.6) is 5.75 Å². The molecule has 0 fully saturated rings. The number of methoxy groups -OCH3 is 1. The molecule has 0 spiro atoms. The zero-order valence-electron chi connectivity index (χ0n) is 14.1. The molecule has 10 nitrogen and oxygen atoms in total. The van der Waals surface area contributed by atoms with Crippen LogP contribution < -0.4 is 15.6 Å². The van der Waals surface area contributed by atoms with E-state index in [1.807, 2.05) is 0 Å². The summed E-state index contributed by atoms with van der Waals surface area (Å²) < 4.78 is 9.88. The predicted molar refractivity (Wildman–Crippen MR) is 92.0 cm³/mol. The second kappa shape index (κ2) is 8.94. The maximum absolute atomic E-state index is 12.0. The lowest BCUT2D eigenvalue weighted by Crippen LogP contribution is -2.43. The number of hydrazine groups is 1. The molecular weight excluding hydrogens is 358 g/mol. The van der Waals surface area contributed by atoms with E-state index in [4.69, 9.17) is 9.47 Å². The molecule has 0 radical (unpaired) electrons. The maximum atomic E-state index is 12.0. The highest BCUT2D eigenvalue weighted by atomic mass is 16.6. The fraction of sp³-hybridized carbons (Fsp3) is 0.118. The van der Waals surface area contributed by atoms with Crippen molar-refractivity contribution in [2.75, 3.05) is 13.7 Å². The van der Waals surface area contributed by atoms with Gasteiger partial charge in [-0.15, -0.1) is 0 Å². The van der Waals surface area contributed by atoms with Crippen LogP contribution in [0.1, 0.15) is 20.7 Å². The van der Waals surface area contributed by atoms with E-state index in [0.717, 1.165) is 12.1 Å². The van der Waals surface area contributed by atoms with Crippen molar-refractivity contribution in [3.63, 3.8) is 0 Å². The van der Waals surface area contributed by atoms with Gasteiger partial charge >= 0.3 is 5.97 Å². The van der Waals surface area contributed by atoms with Gasteiger partial charge in [0.25, 0.3) is 17.5 Å². The van der Waals surface area contributed by atoms with Crippen LogP contribution in [-0.4, -0.2) is 36.4 Å². The summed E-state index contributed by atoms with van der Waals surface area (Å²) in [5, 5.41) is 10.6. The number of benzene rings is 2. The summed E-state index contributed by atoms with van der Waals surface area (Å²) in [5.74, 6) is -1.92. The number of hydrogen-bond acceptors (Lipinski definition) is 7. The van der Waals surface area contributed by atoms with Crippen LogP contribution in [0, 0.1) is 10.1 Å². The van der Waals surface area contributed by atoms with Gasteiger partial charge in [0.15, 0.2) is 6.61 Å². The molecule has 0 aliphatic carbocycles. The summed E-state index contributed by atoms with van der Waals surface area (Å²) in [6.07, 6.45) is 0. The Morgan fingerprint density at radius 3 is 2.33 bits per heavy atom. The van der Waals surface area contributed by atoms with Gasteiger partial charge in [0.1, 0.15) is 11.3 Å². The second-order valence-electron chi connectivity index (χ2n) is 5.08. The fourth-order valence-corrected chi connectivity index (χ4v) is 1.99. The number of nitro groups is 1. The Morgan fingerprint density at radius 2 is 1.70 bits per heavy atom. The van der Waals surface area contributed by atoms with Gasteiger partial charge in [-0.3, -0.25) is 30.6 Å². The van der Waals surface area contributed by atoms with E-state index < -0.39 is 29.3 Å². The number of ether oxygens (including phenoxy) is 2. The van der Waals surface area contributed by atoms with Crippen molar-refractivity contribution in [2.45, 2.75) is 0 Å². The van der Waals surface area contributed by atoms with Gasteiger partial charge in [-0.25, -0.2) is 4.79 Å². The van der Waals surface area contributed by atoms with Gasteiger partial charge in [0.2, 0.25) is 0 Å². The third kappa shape index (κ3) is 5.26. The average molecular weight is 373 g/mol. The molecule has 0 saturated heterocycles. The molecule has 0 unspecified atom stereocenters. The molecule has 0 heterocycles. The molecule has 0 aliphatic rings. The Bertz CT molecular complexity index is 865. The van der Waals surface area contributed by atoms with E-state index in [1.54, 1.807) is 18.2 Å². The molecule has 10 heteroatoms. The number of esters is 1. The number of non-ortho nitro benzene ring substituents is 1. The Kier molecular flexibility index (Phi) is 6.42. The smallest absolute Gasteiger partial charge is 0.342 e. The summed E-state index contributed by atoms with van der Waals surface area (Å²) in [4.78, 5) is 45.5. The number of carbonyl (C=O) groups excluding carboxylic acids is 3. The van der Waals surface area contributed by atoms with Crippen LogP contribution in [0.2, 0.25) is 0 Å². The molecule has 2 aromatic carbocycles. The fourth-order valence-electron chi connectivity index (χ4n) is 1.99. The first-order valence-electron chi connectivity index (χ1n) is 7.56. The lowest BCUT2D eigenvalue weighted by molar-refractivity contribution is -0.384. The number of para-hydroxylation sites is 1. The summed E-state index contributed by atoms with van der Waals surface area (Å²) in [7, 11) is 1.40. The van der Waals surface area contributed by atoms with Crippen molar-refractivity contribution >= 4 is 23.5 Å².